The normalized spacial score (nSPS) is 17.8. The number of nitrogens with one attached hydrogen (secondary N) is 1. The number of rotatable bonds is 2. The molecule has 1 fully saturated rings. The van der Waals surface area contributed by atoms with Crippen molar-refractivity contribution in [2.45, 2.75) is 25.9 Å². The quantitative estimate of drug-likeness (QED) is 0.633. The number of fused-ring (bicyclic) bond motifs is 1. The molecule has 0 spiro atoms. The van der Waals surface area contributed by atoms with Gasteiger partial charge in [-0.05, 0) is 26.0 Å². The highest BCUT2D eigenvalue weighted by Gasteiger charge is 2.44. The van der Waals surface area contributed by atoms with Gasteiger partial charge >= 0.3 is 6.03 Å². The molecule has 1 aromatic carbocycles. The van der Waals surface area contributed by atoms with Gasteiger partial charge in [0.2, 0.25) is 5.89 Å². The second-order valence-electron chi connectivity index (χ2n) is 5.25. The maximum Gasteiger partial charge on any atom is 0.325 e. The molecule has 0 aliphatic carbocycles. The van der Waals surface area contributed by atoms with Gasteiger partial charge < -0.3 is 15.5 Å². The Morgan fingerprint density at radius 1 is 1.40 bits per heavy atom. The van der Waals surface area contributed by atoms with Crippen molar-refractivity contribution >= 4 is 28.7 Å². The number of aromatic nitrogens is 1. The molecule has 2 heterocycles. The third kappa shape index (κ3) is 1.78. The van der Waals surface area contributed by atoms with Crippen molar-refractivity contribution < 1.29 is 14.0 Å². The molecule has 0 radical (unpaired) electrons. The fourth-order valence-corrected chi connectivity index (χ4v) is 2.18. The van der Waals surface area contributed by atoms with Crippen LogP contribution in [0.25, 0.3) is 11.1 Å². The molecule has 0 unspecified atom stereocenters. The van der Waals surface area contributed by atoms with Crippen molar-refractivity contribution in [3.05, 3.63) is 24.1 Å². The van der Waals surface area contributed by atoms with Gasteiger partial charge in [0.15, 0.2) is 5.58 Å². The Hall–Kier alpha value is -2.57. The summed E-state index contributed by atoms with van der Waals surface area (Å²) in [4.78, 5) is 29.2. The molecule has 1 aliphatic heterocycles. The Labute approximate surface area is 114 Å². The molecule has 0 bridgehead atoms. The number of nitrogens with two attached hydrogens (primary N) is 1. The predicted molar refractivity (Wildman–Crippen MR) is 71.6 cm³/mol. The van der Waals surface area contributed by atoms with Crippen LogP contribution in [0.2, 0.25) is 0 Å². The molecule has 0 saturated carbocycles. The molecule has 7 heteroatoms. The molecular weight excluding hydrogens is 260 g/mol. The standard InChI is InChI=1S/C13H14N4O3/c1-13(2)11(18)17(12(19)16-13)6-9-15-10-7(14)4-3-5-8(10)20-9/h3-5H,6,14H2,1-2H3,(H,16,19). The second kappa shape index (κ2) is 3.96. The second-order valence-corrected chi connectivity index (χ2v) is 5.25. The molecule has 3 rings (SSSR count). The summed E-state index contributed by atoms with van der Waals surface area (Å²) < 4.78 is 5.51. The molecule has 2 aromatic rings. The Morgan fingerprint density at radius 2 is 2.15 bits per heavy atom. The van der Waals surface area contributed by atoms with Crippen LogP contribution in [-0.4, -0.2) is 27.4 Å². The van der Waals surface area contributed by atoms with Crippen LogP contribution < -0.4 is 11.1 Å². The molecular formula is C13H14N4O3. The van der Waals surface area contributed by atoms with Gasteiger partial charge in [0.1, 0.15) is 17.6 Å². The minimum absolute atomic E-state index is 0.0117. The maximum atomic E-state index is 12.1. The lowest BCUT2D eigenvalue weighted by atomic mass is 10.1. The van der Waals surface area contributed by atoms with E-state index in [0.717, 1.165) is 4.90 Å². The fourth-order valence-electron chi connectivity index (χ4n) is 2.18. The highest BCUT2D eigenvalue weighted by Crippen LogP contribution is 2.24. The lowest BCUT2D eigenvalue weighted by molar-refractivity contribution is -0.130. The van der Waals surface area contributed by atoms with Crippen LogP contribution in [0.3, 0.4) is 0 Å². The van der Waals surface area contributed by atoms with E-state index in [9.17, 15) is 9.59 Å². The van der Waals surface area contributed by atoms with Crippen LogP contribution in [0.15, 0.2) is 22.6 Å². The van der Waals surface area contributed by atoms with Crippen LogP contribution in [-0.2, 0) is 11.3 Å². The summed E-state index contributed by atoms with van der Waals surface area (Å²) in [5.74, 6) is -0.0307. The number of hydrogen-bond acceptors (Lipinski definition) is 5. The van der Waals surface area contributed by atoms with E-state index in [1.807, 2.05) is 0 Å². The average molecular weight is 274 g/mol. The molecule has 104 valence electrons. The van der Waals surface area contributed by atoms with Crippen molar-refractivity contribution in [3.63, 3.8) is 0 Å². The van der Waals surface area contributed by atoms with Crippen LogP contribution in [0, 0.1) is 0 Å². The summed E-state index contributed by atoms with van der Waals surface area (Å²) in [7, 11) is 0. The monoisotopic (exact) mass is 274 g/mol. The van der Waals surface area contributed by atoms with Crippen molar-refractivity contribution in [1.82, 2.24) is 15.2 Å². The Kier molecular flexibility index (Phi) is 2.47. The zero-order valence-corrected chi connectivity index (χ0v) is 11.1. The number of nitrogens with zero attached hydrogens (tertiary/aromatic N) is 2. The van der Waals surface area contributed by atoms with Gasteiger partial charge in [-0.1, -0.05) is 6.07 Å². The summed E-state index contributed by atoms with van der Waals surface area (Å²) in [5, 5.41) is 2.60. The number of benzene rings is 1. The minimum atomic E-state index is -0.901. The summed E-state index contributed by atoms with van der Waals surface area (Å²) in [5.41, 5.74) is 6.46. The Balaban J connectivity index is 1.92. The van der Waals surface area contributed by atoms with Crippen molar-refractivity contribution in [2.24, 2.45) is 0 Å². The summed E-state index contributed by atoms with van der Waals surface area (Å²) in [6.07, 6.45) is 0. The van der Waals surface area contributed by atoms with Crippen LogP contribution in [0.5, 0.6) is 0 Å². The molecule has 0 atom stereocenters. The zero-order chi connectivity index (χ0) is 14.5. The largest absolute Gasteiger partial charge is 0.439 e. The molecule has 1 aromatic heterocycles. The van der Waals surface area contributed by atoms with Gasteiger partial charge in [-0.25, -0.2) is 9.78 Å². The number of urea groups is 1. The number of oxazole rings is 1. The van der Waals surface area contributed by atoms with Crippen molar-refractivity contribution in [3.8, 4) is 0 Å². The fraction of sp³-hybridized carbons (Fsp3) is 0.308. The van der Waals surface area contributed by atoms with Gasteiger partial charge in [0.05, 0.1) is 5.69 Å². The number of para-hydroxylation sites is 1. The average Bonchev–Trinajstić information content (AvgIpc) is 2.85. The third-order valence-corrected chi connectivity index (χ3v) is 3.23. The van der Waals surface area contributed by atoms with Gasteiger partial charge in [-0.2, -0.15) is 0 Å². The van der Waals surface area contributed by atoms with Crippen LogP contribution >= 0.6 is 0 Å². The number of anilines is 1. The van der Waals surface area contributed by atoms with Crippen molar-refractivity contribution in [2.75, 3.05) is 5.73 Å². The van der Waals surface area contributed by atoms with Gasteiger partial charge in [0.25, 0.3) is 5.91 Å². The van der Waals surface area contributed by atoms with E-state index >= 15 is 0 Å². The van der Waals surface area contributed by atoms with Crippen molar-refractivity contribution in [1.29, 1.82) is 0 Å². The van der Waals surface area contributed by atoms with E-state index in [1.165, 1.54) is 0 Å². The number of carbonyl (C=O) groups is 2. The molecule has 1 saturated heterocycles. The Morgan fingerprint density at radius 3 is 2.75 bits per heavy atom. The number of amides is 3. The molecule has 3 amide bonds. The predicted octanol–water partition coefficient (Wildman–Crippen LogP) is 1.24. The lowest BCUT2D eigenvalue weighted by Gasteiger charge is -2.14. The first-order valence-corrected chi connectivity index (χ1v) is 6.16. The van der Waals surface area contributed by atoms with Crippen LogP contribution in [0.4, 0.5) is 10.5 Å². The van der Waals surface area contributed by atoms with Gasteiger partial charge in [0, 0.05) is 0 Å². The van der Waals surface area contributed by atoms with Gasteiger partial charge in [-0.3, -0.25) is 9.69 Å². The summed E-state index contributed by atoms with van der Waals surface area (Å²) >= 11 is 0. The minimum Gasteiger partial charge on any atom is -0.439 e. The van der Waals surface area contributed by atoms with Gasteiger partial charge in [-0.15, -0.1) is 0 Å². The highest BCUT2D eigenvalue weighted by molar-refractivity contribution is 6.06. The van der Waals surface area contributed by atoms with E-state index in [0.29, 0.717) is 16.8 Å². The smallest absolute Gasteiger partial charge is 0.325 e. The van der Waals surface area contributed by atoms with E-state index < -0.39 is 11.6 Å². The van der Waals surface area contributed by atoms with E-state index in [1.54, 1.807) is 32.0 Å². The molecule has 3 N–H and O–H groups in total. The Bertz CT molecular complexity index is 719. The van der Waals surface area contributed by atoms with Crippen LogP contribution in [0.1, 0.15) is 19.7 Å². The zero-order valence-electron chi connectivity index (χ0n) is 11.1. The van der Waals surface area contributed by atoms with E-state index in [2.05, 4.69) is 10.3 Å². The molecule has 20 heavy (non-hydrogen) atoms. The SMILES string of the molecule is CC1(C)NC(=O)N(Cc2nc3c(N)cccc3o2)C1=O. The molecule has 1 aliphatic rings. The summed E-state index contributed by atoms with van der Waals surface area (Å²) in [6.45, 7) is 3.29. The summed E-state index contributed by atoms with van der Waals surface area (Å²) in [6, 6.07) is 4.75. The first-order chi connectivity index (χ1) is 9.38. The maximum absolute atomic E-state index is 12.1. The highest BCUT2D eigenvalue weighted by atomic mass is 16.3. The topological polar surface area (TPSA) is 101 Å². The number of hydrogen-bond donors (Lipinski definition) is 2. The number of carbonyl (C=O) groups excluding carboxylic acids is 2. The van der Waals surface area contributed by atoms with E-state index in [-0.39, 0.29) is 18.3 Å². The number of imide groups is 1. The molecule has 7 nitrogen and oxygen atoms in total. The lowest BCUT2D eigenvalue weighted by Crippen LogP contribution is -2.40. The van der Waals surface area contributed by atoms with E-state index in [4.69, 9.17) is 10.2 Å². The number of nitrogen functional groups attached to an aromatic ring is 1. The first-order valence-electron chi connectivity index (χ1n) is 6.16. The first kappa shape index (κ1) is 12.5. The third-order valence-electron chi connectivity index (χ3n) is 3.23.